The van der Waals surface area contributed by atoms with Crippen molar-refractivity contribution in [2.45, 2.75) is 12.8 Å². The van der Waals surface area contributed by atoms with Crippen LogP contribution in [0.3, 0.4) is 0 Å². The minimum atomic E-state index is -0.196. The van der Waals surface area contributed by atoms with E-state index in [1.807, 2.05) is 47.4 Å². The van der Waals surface area contributed by atoms with Gasteiger partial charge in [-0.15, -0.1) is 0 Å². The molecule has 4 rings (SSSR count). The molecule has 0 unspecified atom stereocenters. The second-order valence-corrected chi connectivity index (χ2v) is 8.43. The van der Waals surface area contributed by atoms with E-state index in [1.165, 1.54) is 6.20 Å². The Morgan fingerprint density at radius 3 is 2.47 bits per heavy atom. The molecule has 4 N–H and O–H groups in total. The van der Waals surface area contributed by atoms with E-state index in [1.54, 1.807) is 12.1 Å². The van der Waals surface area contributed by atoms with Crippen molar-refractivity contribution in [3.8, 4) is 11.3 Å². The Labute approximate surface area is 199 Å². The number of nitrogen functional groups attached to an aromatic ring is 1. The van der Waals surface area contributed by atoms with Gasteiger partial charge in [-0.2, -0.15) is 0 Å². The molecule has 2 aromatic carbocycles. The summed E-state index contributed by atoms with van der Waals surface area (Å²) in [4.78, 5) is 38.9. The van der Waals surface area contributed by atoms with Crippen LogP contribution in [0.5, 0.6) is 0 Å². The van der Waals surface area contributed by atoms with E-state index in [-0.39, 0.29) is 29.6 Å². The molecule has 8 heteroatoms. The molecule has 0 saturated carbocycles. The molecule has 1 aromatic heterocycles. The monoisotopic (exact) mass is 458 g/mol. The number of piperazine rings is 1. The number of carbonyl (C=O) groups is 2. The van der Waals surface area contributed by atoms with Gasteiger partial charge >= 0.3 is 0 Å². The Morgan fingerprint density at radius 2 is 1.74 bits per heavy atom. The number of rotatable bonds is 8. The van der Waals surface area contributed by atoms with Gasteiger partial charge in [0, 0.05) is 43.7 Å². The maximum absolute atomic E-state index is 13.1. The number of carbonyl (C=O) groups excluding carboxylic acids is 2. The number of aromatic nitrogens is 2. The van der Waals surface area contributed by atoms with Crippen LogP contribution in [0.1, 0.15) is 32.8 Å². The van der Waals surface area contributed by atoms with E-state index in [4.69, 9.17) is 11.5 Å². The number of hydrogen-bond donors (Lipinski definition) is 2. The Kier molecular flexibility index (Phi) is 7.61. The minimum absolute atomic E-state index is 0.0101. The van der Waals surface area contributed by atoms with Crippen molar-refractivity contribution in [1.29, 1.82) is 0 Å². The summed E-state index contributed by atoms with van der Waals surface area (Å²) in [5, 5.41) is 0. The molecule has 8 nitrogen and oxygen atoms in total. The highest BCUT2D eigenvalue weighted by Gasteiger charge is 2.22. The van der Waals surface area contributed by atoms with Crippen LogP contribution in [0.4, 0.5) is 5.82 Å². The maximum atomic E-state index is 13.1. The summed E-state index contributed by atoms with van der Waals surface area (Å²) in [5.74, 6) is -0.105. The Morgan fingerprint density at radius 1 is 0.971 bits per heavy atom. The molecule has 0 radical (unpaired) electrons. The molecule has 1 saturated heterocycles. The lowest BCUT2D eigenvalue weighted by atomic mass is 10.1. The third-order valence-electron chi connectivity index (χ3n) is 6.02. The number of Topliss-reactive ketones (excluding diaryl/α,β-unsaturated/α-hetero) is 1. The van der Waals surface area contributed by atoms with Gasteiger partial charge in [0.2, 0.25) is 0 Å². The van der Waals surface area contributed by atoms with Crippen molar-refractivity contribution in [2.24, 2.45) is 5.73 Å². The third-order valence-corrected chi connectivity index (χ3v) is 6.02. The fraction of sp³-hybridized carbons (Fsp3) is 0.308. The molecule has 2 heterocycles. The summed E-state index contributed by atoms with van der Waals surface area (Å²) in [6, 6.07) is 16.7. The summed E-state index contributed by atoms with van der Waals surface area (Å²) in [6.07, 6.45) is 2.70. The molecule has 34 heavy (non-hydrogen) atoms. The molecule has 0 aliphatic carbocycles. The van der Waals surface area contributed by atoms with E-state index in [9.17, 15) is 9.59 Å². The van der Waals surface area contributed by atoms with Crippen molar-refractivity contribution in [3.05, 3.63) is 77.6 Å². The van der Waals surface area contributed by atoms with Crippen molar-refractivity contribution >= 4 is 17.5 Å². The molecule has 1 aliphatic heterocycles. The molecule has 3 aromatic rings. The van der Waals surface area contributed by atoms with E-state index >= 15 is 0 Å². The van der Waals surface area contributed by atoms with Gasteiger partial charge in [0.25, 0.3) is 5.91 Å². The largest absolute Gasteiger partial charge is 0.382 e. The van der Waals surface area contributed by atoms with Crippen LogP contribution in [-0.4, -0.2) is 70.7 Å². The lowest BCUT2D eigenvalue weighted by Crippen LogP contribution is -2.49. The zero-order valence-corrected chi connectivity index (χ0v) is 19.2. The van der Waals surface area contributed by atoms with E-state index in [0.29, 0.717) is 36.5 Å². The zero-order valence-electron chi connectivity index (χ0n) is 19.2. The topological polar surface area (TPSA) is 118 Å². The quantitative estimate of drug-likeness (QED) is 0.497. The summed E-state index contributed by atoms with van der Waals surface area (Å²) < 4.78 is 0. The smallest absolute Gasteiger partial charge is 0.253 e. The summed E-state index contributed by atoms with van der Waals surface area (Å²) in [6.45, 7) is 4.72. The number of benzene rings is 2. The number of ketones is 1. The lowest BCUT2D eigenvalue weighted by Gasteiger charge is -2.34. The Hall–Kier alpha value is -3.62. The second-order valence-electron chi connectivity index (χ2n) is 8.43. The first kappa shape index (κ1) is 23.5. The van der Waals surface area contributed by atoms with Gasteiger partial charge < -0.3 is 16.4 Å². The maximum Gasteiger partial charge on any atom is 0.253 e. The molecule has 0 spiro atoms. The number of nitrogens with two attached hydrogens (primary N) is 2. The fourth-order valence-corrected chi connectivity index (χ4v) is 4.09. The van der Waals surface area contributed by atoms with Gasteiger partial charge in [-0.25, -0.2) is 9.97 Å². The number of hydrogen-bond acceptors (Lipinski definition) is 7. The SMILES string of the molecule is NCCCN1CCN(C(=O)c2cccc(-c3cnc(N)c(C(=O)Cc4ccccc4)n3)c2)CC1. The minimum Gasteiger partial charge on any atom is -0.382 e. The Balaban J connectivity index is 1.49. The van der Waals surface area contributed by atoms with E-state index in [2.05, 4.69) is 14.9 Å². The molecular formula is C26H30N6O2. The fourth-order valence-electron chi connectivity index (χ4n) is 4.09. The highest BCUT2D eigenvalue weighted by atomic mass is 16.2. The van der Waals surface area contributed by atoms with Crippen LogP contribution < -0.4 is 11.5 Å². The highest BCUT2D eigenvalue weighted by Crippen LogP contribution is 2.22. The van der Waals surface area contributed by atoms with Gasteiger partial charge in [0.05, 0.1) is 11.9 Å². The normalized spacial score (nSPS) is 14.2. The summed E-state index contributed by atoms with van der Waals surface area (Å²) in [5.41, 5.74) is 14.4. The van der Waals surface area contributed by atoms with Crippen LogP contribution >= 0.6 is 0 Å². The van der Waals surface area contributed by atoms with Gasteiger partial charge in [-0.05, 0) is 37.2 Å². The van der Waals surface area contributed by atoms with E-state index in [0.717, 1.165) is 31.6 Å². The number of anilines is 1. The van der Waals surface area contributed by atoms with Crippen LogP contribution in [-0.2, 0) is 6.42 Å². The molecule has 0 atom stereocenters. The van der Waals surface area contributed by atoms with Gasteiger partial charge in [0.15, 0.2) is 11.6 Å². The van der Waals surface area contributed by atoms with Crippen molar-refractivity contribution in [3.63, 3.8) is 0 Å². The van der Waals surface area contributed by atoms with Crippen LogP contribution in [0.2, 0.25) is 0 Å². The van der Waals surface area contributed by atoms with E-state index < -0.39 is 0 Å². The number of amides is 1. The van der Waals surface area contributed by atoms with Crippen LogP contribution in [0, 0.1) is 0 Å². The zero-order chi connectivity index (χ0) is 23.9. The van der Waals surface area contributed by atoms with Crippen molar-refractivity contribution in [1.82, 2.24) is 19.8 Å². The van der Waals surface area contributed by atoms with Crippen LogP contribution in [0.15, 0.2) is 60.8 Å². The average molecular weight is 459 g/mol. The first-order valence-corrected chi connectivity index (χ1v) is 11.6. The summed E-state index contributed by atoms with van der Waals surface area (Å²) in [7, 11) is 0. The number of nitrogens with zero attached hydrogens (tertiary/aromatic N) is 4. The molecule has 0 bridgehead atoms. The van der Waals surface area contributed by atoms with Crippen molar-refractivity contribution in [2.75, 3.05) is 45.0 Å². The van der Waals surface area contributed by atoms with Gasteiger partial charge in [-0.3, -0.25) is 14.5 Å². The molecule has 1 fully saturated rings. The molecule has 176 valence electrons. The predicted octanol–water partition coefficient (Wildman–Crippen LogP) is 2.26. The molecule has 1 amide bonds. The van der Waals surface area contributed by atoms with Crippen molar-refractivity contribution < 1.29 is 9.59 Å². The third kappa shape index (κ3) is 5.65. The standard InChI is InChI=1S/C26H30N6O2/c27-10-5-11-31-12-14-32(15-13-31)26(34)21-9-4-8-20(17-21)22-18-29-25(28)24(30-22)23(33)16-19-6-2-1-3-7-19/h1-4,6-9,17-18H,5,10-16,27H2,(H2,28,29). The summed E-state index contributed by atoms with van der Waals surface area (Å²) >= 11 is 0. The predicted molar refractivity (Wildman–Crippen MR) is 132 cm³/mol. The first-order valence-electron chi connectivity index (χ1n) is 11.6. The molecule has 1 aliphatic rings. The highest BCUT2D eigenvalue weighted by molar-refractivity contribution is 6.00. The first-order chi connectivity index (χ1) is 16.5. The second kappa shape index (κ2) is 11.0. The molecular weight excluding hydrogens is 428 g/mol. The Bertz CT molecular complexity index is 1140. The van der Waals surface area contributed by atoms with Gasteiger partial charge in [0.1, 0.15) is 5.69 Å². The lowest BCUT2D eigenvalue weighted by molar-refractivity contribution is 0.0636. The van der Waals surface area contributed by atoms with Gasteiger partial charge in [-0.1, -0.05) is 42.5 Å². The average Bonchev–Trinajstić information content (AvgIpc) is 2.88. The van der Waals surface area contributed by atoms with Crippen LogP contribution in [0.25, 0.3) is 11.3 Å².